The number of amides is 2. The predicted molar refractivity (Wildman–Crippen MR) is 121 cm³/mol. The highest BCUT2D eigenvalue weighted by atomic mass is 35.5. The molecule has 0 unspecified atom stereocenters. The van der Waals surface area contributed by atoms with E-state index in [0.717, 1.165) is 0 Å². The number of ether oxygens (including phenoxy) is 1. The molecule has 0 aliphatic carbocycles. The zero-order valence-corrected chi connectivity index (χ0v) is 17.7. The standard InChI is InChI=1S/C24H16ClF2N3O3/c25-21-12-15(11-16(13-28)24(32)30-20-8-4-18(27)5-9-20)1-10-22(21)33-14-23(31)29-19-6-2-17(26)3-7-19/h1-12H,14H2,(H,29,31)(H,30,32)/b16-11+. The predicted octanol–water partition coefficient (Wildman–Crippen LogP) is 5.18. The lowest BCUT2D eigenvalue weighted by Crippen LogP contribution is -2.20. The minimum Gasteiger partial charge on any atom is -0.482 e. The third kappa shape index (κ3) is 6.89. The number of rotatable bonds is 7. The van der Waals surface area contributed by atoms with Crippen LogP contribution in [0.2, 0.25) is 5.02 Å². The van der Waals surface area contributed by atoms with Gasteiger partial charge in [-0.3, -0.25) is 9.59 Å². The van der Waals surface area contributed by atoms with Crippen molar-refractivity contribution in [3.8, 4) is 11.8 Å². The van der Waals surface area contributed by atoms with E-state index in [9.17, 15) is 23.6 Å². The molecule has 2 N–H and O–H groups in total. The number of anilines is 2. The van der Waals surface area contributed by atoms with Crippen molar-refractivity contribution in [1.29, 1.82) is 5.26 Å². The van der Waals surface area contributed by atoms with Gasteiger partial charge in [0.2, 0.25) is 0 Å². The van der Waals surface area contributed by atoms with Crippen molar-refractivity contribution >= 4 is 40.9 Å². The molecule has 0 aromatic heterocycles. The minimum absolute atomic E-state index is 0.162. The molecule has 2 amide bonds. The molecule has 0 radical (unpaired) electrons. The van der Waals surface area contributed by atoms with Gasteiger partial charge in [0.15, 0.2) is 6.61 Å². The maximum atomic E-state index is 13.0. The number of carbonyl (C=O) groups is 2. The van der Waals surface area contributed by atoms with Gasteiger partial charge in [0, 0.05) is 11.4 Å². The second kappa shape index (κ2) is 10.9. The number of hydrogen-bond acceptors (Lipinski definition) is 4. The Kier molecular flexibility index (Phi) is 7.73. The zero-order valence-electron chi connectivity index (χ0n) is 16.9. The Morgan fingerprint density at radius 2 is 1.52 bits per heavy atom. The van der Waals surface area contributed by atoms with Crippen LogP contribution in [0, 0.1) is 23.0 Å². The number of nitrogens with zero attached hydrogens (tertiary/aromatic N) is 1. The molecule has 33 heavy (non-hydrogen) atoms. The van der Waals surface area contributed by atoms with Gasteiger partial charge in [-0.15, -0.1) is 0 Å². The van der Waals surface area contributed by atoms with Gasteiger partial charge in [-0.25, -0.2) is 8.78 Å². The van der Waals surface area contributed by atoms with Crippen molar-refractivity contribution in [2.75, 3.05) is 17.2 Å². The summed E-state index contributed by atoms with van der Waals surface area (Å²) in [6, 6.07) is 16.7. The first kappa shape index (κ1) is 23.4. The van der Waals surface area contributed by atoms with Gasteiger partial charge in [0.25, 0.3) is 11.8 Å². The van der Waals surface area contributed by atoms with Crippen molar-refractivity contribution in [2.45, 2.75) is 0 Å². The van der Waals surface area contributed by atoms with Crippen molar-refractivity contribution in [1.82, 2.24) is 0 Å². The normalized spacial score (nSPS) is 10.8. The fraction of sp³-hybridized carbons (Fsp3) is 0.0417. The maximum absolute atomic E-state index is 13.0. The third-order valence-corrected chi connectivity index (χ3v) is 4.52. The molecule has 3 rings (SSSR count). The highest BCUT2D eigenvalue weighted by Crippen LogP contribution is 2.26. The second-order valence-corrected chi connectivity index (χ2v) is 7.07. The summed E-state index contributed by atoms with van der Waals surface area (Å²) < 4.78 is 31.3. The Balaban J connectivity index is 1.62. The fourth-order valence-electron chi connectivity index (χ4n) is 2.64. The Morgan fingerprint density at radius 1 is 0.939 bits per heavy atom. The van der Waals surface area contributed by atoms with Crippen LogP contribution in [-0.4, -0.2) is 18.4 Å². The molecular weight excluding hydrogens is 452 g/mol. The first-order valence-corrected chi connectivity index (χ1v) is 9.88. The van der Waals surface area contributed by atoms with Gasteiger partial charge in [0.1, 0.15) is 29.0 Å². The van der Waals surface area contributed by atoms with Crippen LogP contribution in [-0.2, 0) is 9.59 Å². The molecule has 6 nitrogen and oxygen atoms in total. The fourth-order valence-corrected chi connectivity index (χ4v) is 2.89. The van der Waals surface area contributed by atoms with Crippen LogP contribution in [0.4, 0.5) is 20.2 Å². The number of hydrogen-bond donors (Lipinski definition) is 2. The molecule has 0 bridgehead atoms. The van der Waals surface area contributed by atoms with Crippen LogP contribution in [0.3, 0.4) is 0 Å². The molecular formula is C24H16ClF2N3O3. The summed E-state index contributed by atoms with van der Waals surface area (Å²) in [6.45, 7) is -0.337. The second-order valence-electron chi connectivity index (χ2n) is 6.66. The van der Waals surface area contributed by atoms with E-state index in [2.05, 4.69) is 10.6 Å². The Hall–Kier alpha value is -4.22. The topological polar surface area (TPSA) is 91.2 Å². The number of carbonyl (C=O) groups excluding carboxylic acids is 2. The number of nitriles is 1. The lowest BCUT2D eigenvalue weighted by atomic mass is 10.1. The van der Waals surface area contributed by atoms with E-state index in [1.807, 2.05) is 6.07 Å². The third-order valence-electron chi connectivity index (χ3n) is 4.22. The molecule has 0 heterocycles. The number of benzene rings is 3. The van der Waals surface area contributed by atoms with Gasteiger partial charge in [-0.05, 0) is 72.3 Å². The van der Waals surface area contributed by atoms with Crippen molar-refractivity contribution in [2.24, 2.45) is 0 Å². The maximum Gasteiger partial charge on any atom is 0.266 e. The highest BCUT2D eigenvalue weighted by molar-refractivity contribution is 6.32. The van der Waals surface area contributed by atoms with Crippen LogP contribution < -0.4 is 15.4 Å². The highest BCUT2D eigenvalue weighted by Gasteiger charge is 2.11. The zero-order chi connectivity index (χ0) is 23.8. The molecule has 0 aliphatic rings. The van der Waals surface area contributed by atoms with Gasteiger partial charge in [-0.1, -0.05) is 17.7 Å². The van der Waals surface area contributed by atoms with E-state index in [1.165, 1.54) is 66.7 Å². The summed E-state index contributed by atoms with van der Waals surface area (Å²) >= 11 is 6.19. The first-order valence-electron chi connectivity index (χ1n) is 9.50. The minimum atomic E-state index is -0.668. The van der Waals surface area contributed by atoms with Crippen molar-refractivity contribution in [3.63, 3.8) is 0 Å². The molecule has 9 heteroatoms. The van der Waals surface area contributed by atoms with Gasteiger partial charge < -0.3 is 15.4 Å². The van der Waals surface area contributed by atoms with Crippen molar-refractivity contribution < 1.29 is 23.1 Å². The van der Waals surface area contributed by atoms with E-state index in [1.54, 1.807) is 6.07 Å². The largest absolute Gasteiger partial charge is 0.482 e. The monoisotopic (exact) mass is 467 g/mol. The number of nitrogens with one attached hydrogen (secondary N) is 2. The van der Waals surface area contributed by atoms with Crippen LogP contribution in [0.5, 0.6) is 5.75 Å². The van der Waals surface area contributed by atoms with Crippen LogP contribution in [0.1, 0.15) is 5.56 Å². The average molecular weight is 468 g/mol. The average Bonchev–Trinajstić information content (AvgIpc) is 2.80. The quantitative estimate of drug-likeness (QED) is 0.370. The first-order chi connectivity index (χ1) is 15.8. The van der Waals surface area contributed by atoms with Gasteiger partial charge in [0.05, 0.1) is 5.02 Å². The Bertz CT molecular complexity index is 1240. The molecule has 3 aromatic rings. The molecule has 0 fully saturated rings. The van der Waals surface area contributed by atoms with Gasteiger partial charge >= 0.3 is 0 Å². The van der Waals surface area contributed by atoms with Gasteiger partial charge in [-0.2, -0.15) is 5.26 Å². The summed E-state index contributed by atoms with van der Waals surface area (Å²) in [7, 11) is 0. The van der Waals surface area contributed by atoms with Crippen molar-refractivity contribution in [3.05, 3.63) is 94.5 Å². The molecule has 0 saturated heterocycles. The van der Waals surface area contributed by atoms with Crippen LogP contribution in [0.15, 0.2) is 72.3 Å². The van der Waals surface area contributed by atoms with E-state index in [0.29, 0.717) is 16.9 Å². The summed E-state index contributed by atoms with van der Waals surface area (Å²) in [4.78, 5) is 24.3. The Labute approximate surface area is 193 Å². The molecule has 0 atom stereocenters. The molecule has 0 aliphatic heterocycles. The van der Waals surface area contributed by atoms with E-state index < -0.39 is 23.4 Å². The summed E-state index contributed by atoms with van der Waals surface area (Å²) in [5, 5.41) is 14.5. The molecule has 0 saturated carbocycles. The summed E-state index contributed by atoms with van der Waals surface area (Å²) in [5.41, 5.74) is 1.01. The molecule has 3 aromatic carbocycles. The van der Waals surface area contributed by atoms with Crippen LogP contribution in [0.25, 0.3) is 6.08 Å². The van der Waals surface area contributed by atoms with E-state index >= 15 is 0 Å². The van der Waals surface area contributed by atoms with E-state index in [-0.39, 0.29) is 23.0 Å². The summed E-state index contributed by atoms with van der Waals surface area (Å²) in [5.74, 6) is -1.78. The number of halogens is 3. The molecule has 0 spiro atoms. The summed E-state index contributed by atoms with van der Waals surface area (Å²) in [6.07, 6.45) is 1.33. The smallest absolute Gasteiger partial charge is 0.266 e. The Morgan fingerprint density at radius 3 is 2.06 bits per heavy atom. The lowest BCUT2D eigenvalue weighted by molar-refractivity contribution is -0.118. The SMILES string of the molecule is N#C/C(=C\c1ccc(OCC(=O)Nc2ccc(F)cc2)c(Cl)c1)C(=O)Nc1ccc(F)cc1. The lowest BCUT2D eigenvalue weighted by Gasteiger charge is -2.09. The van der Waals surface area contributed by atoms with E-state index in [4.69, 9.17) is 16.3 Å². The van der Waals surface area contributed by atoms with Crippen LogP contribution >= 0.6 is 11.6 Å². The molecule has 166 valence electrons.